The quantitative estimate of drug-likeness (QED) is 0.933. The monoisotopic (exact) mass is 319 g/mol. The summed E-state index contributed by atoms with van der Waals surface area (Å²) in [4.78, 5) is 16.3. The summed E-state index contributed by atoms with van der Waals surface area (Å²) >= 11 is 0. The van der Waals surface area contributed by atoms with Gasteiger partial charge in [0.1, 0.15) is 0 Å². The van der Waals surface area contributed by atoms with Gasteiger partial charge in [0.15, 0.2) is 0 Å². The van der Waals surface area contributed by atoms with Crippen LogP contribution in [0.1, 0.15) is 15.9 Å². The molecule has 0 bridgehead atoms. The molecule has 1 N–H and O–H groups in total. The average molecular weight is 319 g/mol. The minimum absolute atomic E-state index is 0.145. The van der Waals surface area contributed by atoms with Crippen molar-refractivity contribution in [1.29, 1.82) is 0 Å². The van der Waals surface area contributed by atoms with Crippen LogP contribution in [0.3, 0.4) is 0 Å². The lowest BCUT2D eigenvalue weighted by molar-refractivity contribution is 0.102. The van der Waals surface area contributed by atoms with E-state index in [9.17, 15) is 13.2 Å². The zero-order valence-electron chi connectivity index (χ0n) is 12.6. The number of anilines is 1. The molecule has 0 fully saturated rings. The maximum atomic E-state index is 12.1. The second kappa shape index (κ2) is 6.25. The molecule has 0 aliphatic heterocycles. The lowest BCUT2D eigenvalue weighted by Crippen LogP contribution is -2.22. The van der Waals surface area contributed by atoms with E-state index >= 15 is 0 Å². The van der Waals surface area contributed by atoms with Gasteiger partial charge >= 0.3 is 0 Å². The Bertz CT molecular complexity index is 784. The first kappa shape index (κ1) is 16.1. The Morgan fingerprint density at radius 1 is 1.14 bits per heavy atom. The molecule has 1 amide bonds. The minimum atomic E-state index is -3.49. The molecule has 2 aromatic rings. The number of carbonyl (C=O) groups is 1. The topological polar surface area (TPSA) is 79.4 Å². The van der Waals surface area contributed by atoms with Gasteiger partial charge in [0, 0.05) is 25.9 Å². The third-order valence-corrected chi connectivity index (χ3v) is 4.86. The highest BCUT2D eigenvalue weighted by Crippen LogP contribution is 2.15. The van der Waals surface area contributed by atoms with Crippen molar-refractivity contribution in [2.75, 3.05) is 19.4 Å². The number of rotatable bonds is 4. The smallest absolute Gasteiger partial charge is 0.255 e. The van der Waals surface area contributed by atoms with Crippen LogP contribution < -0.4 is 5.32 Å². The highest BCUT2D eigenvalue weighted by molar-refractivity contribution is 7.89. The molecule has 1 aromatic heterocycles. The molecule has 1 heterocycles. The first-order valence-corrected chi connectivity index (χ1v) is 8.00. The summed E-state index contributed by atoms with van der Waals surface area (Å²) in [6, 6.07) is 7.59. The van der Waals surface area contributed by atoms with E-state index < -0.39 is 10.0 Å². The van der Waals surface area contributed by atoms with Crippen LogP contribution in [0.15, 0.2) is 47.6 Å². The van der Waals surface area contributed by atoms with Gasteiger partial charge in [-0.2, -0.15) is 0 Å². The lowest BCUT2D eigenvalue weighted by Gasteiger charge is -2.11. The van der Waals surface area contributed by atoms with Crippen LogP contribution in [0.5, 0.6) is 0 Å². The molecule has 0 aliphatic rings. The number of benzene rings is 1. The van der Waals surface area contributed by atoms with Gasteiger partial charge in [-0.25, -0.2) is 12.7 Å². The molecule has 0 saturated heterocycles. The van der Waals surface area contributed by atoms with Crippen LogP contribution in [-0.2, 0) is 10.0 Å². The van der Waals surface area contributed by atoms with Crippen LogP contribution in [0.2, 0.25) is 0 Å². The van der Waals surface area contributed by atoms with Gasteiger partial charge in [0.25, 0.3) is 5.91 Å². The van der Waals surface area contributed by atoms with Crippen LogP contribution in [-0.4, -0.2) is 37.7 Å². The maximum absolute atomic E-state index is 12.1. The summed E-state index contributed by atoms with van der Waals surface area (Å²) in [5.74, 6) is -0.318. The Hall–Kier alpha value is -2.25. The number of nitrogens with one attached hydrogen (secondary N) is 1. The van der Waals surface area contributed by atoms with E-state index in [1.54, 1.807) is 18.5 Å². The molecule has 0 atom stereocenters. The number of hydrogen-bond acceptors (Lipinski definition) is 4. The van der Waals surface area contributed by atoms with Gasteiger partial charge in [-0.15, -0.1) is 0 Å². The first-order chi connectivity index (χ1) is 10.3. The summed E-state index contributed by atoms with van der Waals surface area (Å²) in [6.45, 7) is 1.88. The molecule has 6 nitrogen and oxygen atoms in total. The summed E-state index contributed by atoms with van der Waals surface area (Å²) < 4.78 is 25.0. The Balaban J connectivity index is 2.19. The predicted molar refractivity (Wildman–Crippen MR) is 84.2 cm³/mol. The number of pyridine rings is 1. The van der Waals surface area contributed by atoms with Crippen LogP contribution >= 0.6 is 0 Å². The lowest BCUT2D eigenvalue weighted by atomic mass is 10.2. The van der Waals surface area contributed by atoms with Crippen molar-refractivity contribution in [2.24, 2.45) is 0 Å². The molecule has 2 rings (SSSR count). The third kappa shape index (κ3) is 3.49. The summed E-state index contributed by atoms with van der Waals surface area (Å²) in [5, 5.41) is 2.72. The number of nitrogens with zero attached hydrogens (tertiary/aromatic N) is 2. The molecular formula is C15H17N3O3S. The van der Waals surface area contributed by atoms with Crippen LogP contribution in [0.4, 0.5) is 5.69 Å². The number of hydrogen-bond donors (Lipinski definition) is 1. The van der Waals surface area contributed by atoms with Crippen molar-refractivity contribution in [3.63, 3.8) is 0 Å². The van der Waals surface area contributed by atoms with Crippen molar-refractivity contribution in [3.8, 4) is 0 Å². The highest BCUT2D eigenvalue weighted by atomic mass is 32.2. The summed E-state index contributed by atoms with van der Waals surface area (Å²) in [5.41, 5.74) is 1.90. The van der Waals surface area contributed by atoms with E-state index in [1.165, 1.54) is 38.4 Å². The number of carbonyl (C=O) groups excluding carboxylic acids is 1. The van der Waals surface area contributed by atoms with E-state index in [4.69, 9.17) is 0 Å². The fraction of sp³-hybridized carbons (Fsp3) is 0.200. The second-order valence-corrected chi connectivity index (χ2v) is 7.17. The van der Waals surface area contributed by atoms with E-state index in [0.717, 1.165) is 9.87 Å². The van der Waals surface area contributed by atoms with Gasteiger partial charge in [-0.3, -0.25) is 9.78 Å². The van der Waals surface area contributed by atoms with Crippen LogP contribution in [0.25, 0.3) is 0 Å². The first-order valence-electron chi connectivity index (χ1n) is 6.56. The van der Waals surface area contributed by atoms with Gasteiger partial charge in [0.05, 0.1) is 16.8 Å². The van der Waals surface area contributed by atoms with E-state index in [-0.39, 0.29) is 10.8 Å². The fourth-order valence-electron chi connectivity index (χ4n) is 1.82. The average Bonchev–Trinajstić information content (AvgIpc) is 2.47. The van der Waals surface area contributed by atoms with Crippen molar-refractivity contribution in [1.82, 2.24) is 9.29 Å². The van der Waals surface area contributed by atoms with Crippen molar-refractivity contribution in [3.05, 3.63) is 53.9 Å². The standard InChI is InChI=1S/C15H17N3O3S/c1-11-8-13(10-16-9-11)17-15(19)12-4-6-14(7-5-12)22(20,21)18(2)3/h4-10H,1-3H3,(H,17,19). The Kier molecular flexibility index (Phi) is 4.58. The number of aromatic nitrogens is 1. The molecule has 1 aromatic carbocycles. The van der Waals surface area contributed by atoms with Gasteiger partial charge in [0.2, 0.25) is 10.0 Å². The van der Waals surface area contributed by atoms with Gasteiger partial charge < -0.3 is 5.32 Å². The zero-order valence-corrected chi connectivity index (χ0v) is 13.4. The van der Waals surface area contributed by atoms with E-state index in [0.29, 0.717) is 11.3 Å². The molecule has 0 saturated carbocycles. The zero-order chi connectivity index (χ0) is 16.3. The molecular weight excluding hydrogens is 302 g/mol. The molecule has 0 radical (unpaired) electrons. The second-order valence-electron chi connectivity index (χ2n) is 5.02. The van der Waals surface area contributed by atoms with Gasteiger partial charge in [-0.1, -0.05) is 0 Å². The van der Waals surface area contributed by atoms with E-state index in [1.807, 2.05) is 6.92 Å². The van der Waals surface area contributed by atoms with Gasteiger partial charge in [-0.05, 0) is 42.8 Å². The summed E-state index contributed by atoms with van der Waals surface area (Å²) in [7, 11) is -0.574. The normalized spacial score (nSPS) is 11.5. The Labute approximate surface area is 129 Å². The fourth-order valence-corrected chi connectivity index (χ4v) is 2.72. The largest absolute Gasteiger partial charge is 0.321 e. The Morgan fingerprint density at radius 2 is 1.77 bits per heavy atom. The third-order valence-electron chi connectivity index (χ3n) is 3.03. The molecule has 116 valence electrons. The molecule has 0 spiro atoms. The SMILES string of the molecule is Cc1cncc(NC(=O)c2ccc(S(=O)(=O)N(C)C)cc2)c1. The number of sulfonamides is 1. The van der Waals surface area contributed by atoms with Crippen molar-refractivity contribution in [2.45, 2.75) is 11.8 Å². The molecule has 22 heavy (non-hydrogen) atoms. The van der Waals surface area contributed by atoms with Crippen molar-refractivity contribution < 1.29 is 13.2 Å². The highest BCUT2D eigenvalue weighted by Gasteiger charge is 2.17. The maximum Gasteiger partial charge on any atom is 0.255 e. The predicted octanol–water partition coefficient (Wildman–Crippen LogP) is 1.89. The molecule has 0 aliphatic carbocycles. The van der Waals surface area contributed by atoms with Crippen LogP contribution in [0, 0.1) is 6.92 Å². The number of amides is 1. The summed E-state index contributed by atoms with van der Waals surface area (Å²) in [6.07, 6.45) is 3.24. The van der Waals surface area contributed by atoms with Crippen molar-refractivity contribution >= 4 is 21.6 Å². The molecule has 0 unspecified atom stereocenters. The Morgan fingerprint density at radius 3 is 2.32 bits per heavy atom. The molecule has 7 heteroatoms. The number of aryl methyl sites for hydroxylation is 1. The minimum Gasteiger partial charge on any atom is -0.321 e. The van der Waals surface area contributed by atoms with E-state index in [2.05, 4.69) is 10.3 Å².